The molecule has 1 atom stereocenters. The molecule has 1 aliphatic rings. The molecule has 3 aromatic carbocycles. The molecular weight excluding hydrogens is 316 g/mol. The molecule has 2 nitrogen and oxygen atoms in total. The molecule has 120 valence electrons. The molecule has 1 aliphatic heterocycles. The number of aliphatic hydroxyl groups is 1. The van der Waals surface area contributed by atoms with Gasteiger partial charge in [0.15, 0.2) is 0 Å². The molecule has 0 bridgehead atoms. The van der Waals surface area contributed by atoms with E-state index in [0.717, 1.165) is 38.7 Å². The molecule has 0 radical (unpaired) electrons. The second kappa shape index (κ2) is 6.00. The highest BCUT2D eigenvalue weighted by atomic mass is 32.2. The Hall–Kier alpha value is -2.23. The standard InChI is InChI=1S/C21H18O2S/c1-23-17-12-10-16(11-13-17)21(22)18-7-3-2-6-15(18)14-24-20-9-5-4-8-19(20)21/h2-13,22H,14H2,1H3. The minimum Gasteiger partial charge on any atom is -0.497 e. The van der Waals surface area contributed by atoms with E-state index in [9.17, 15) is 5.11 Å². The lowest BCUT2D eigenvalue weighted by molar-refractivity contribution is 0.122. The van der Waals surface area contributed by atoms with Crippen molar-refractivity contribution in [3.63, 3.8) is 0 Å². The summed E-state index contributed by atoms with van der Waals surface area (Å²) >= 11 is 1.77. The fourth-order valence-corrected chi connectivity index (χ4v) is 4.44. The number of hydrogen-bond donors (Lipinski definition) is 1. The lowest BCUT2D eigenvalue weighted by Gasteiger charge is -2.31. The van der Waals surface area contributed by atoms with Crippen LogP contribution in [-0.2, 0) is 11.4 Å². The van der Waals surface area contributed by atoms with Gasteiger partial charge < -0.3 is 9.84 Å². The zero-order valence-corrected chi connectivity index (χ0v) is 14.2. The highest BCUT2D eigenvalue weighted by Crippen LogP contribution is 2.46. The topological polar surface area (TPSA) is 29.5 Å². The molecule has 0 amide bonds. The van der Waals surface area contributed by atoms with Gasteiger partial charge in [-0.2, -0.15) is 0 Å². The van der Waals surface area contributed by atoms with Gasteiger partial charge in [0.1, 0.15) is 11.4 Å². The van der Waals surface area contributed by atoms with Crippen LogP contribution in [0.4, 0.5) is 0 Å². The van der Waals surface area contributed by atoms with E-state index in [1.54, 1.807) is 18.9 Å². The van der Waals surface area contributed by atoms with Crippen LogP contribution in [0.2, 0.25) is 0 Å². The Balaban J connectivity index is 2.00. The molecule has 0 aromatic heterocycles. The number of rotatable bonds is 2. The Labute approximate surface area is 146 Å². The van der Waals surface area contributed by atoms with E-state index in [1.807, 2.05) is 60.7 Å². The summed E-state index contributed by atoms with van der Waals surface area (Å²) in [6.45, 7) is 0. The Kier molecular flexibility index (Phi) is 3.83. The third-order valence-electron chi connectivity index (χ3n) is 4.57. The predicted octanol–water partition coefficient (Wildman–Crippen LogP) is 4.59. The molecule has 3 aromatic rings. The molecule has 0 spiro atoms. The summed E-state index contributed by atoms with van der Waals surface area (Å²) in [5, 5.41) is 11.9. The van der Waals surface area contributed by atoms with Crippen molar-refractivity contribution in [2.45, 2.75) is 16.2 Å². The van der Waals surface area contributed by atoms with Gasteiger partial charge in [0, 0.05) is 16.2 Å². The van der Waals surface area contributed by atoms with E-state index < -0.39 is 5.60 Å². The maximum atomic E-state index is 11.9. The molecule has 0 saturated heterocycles. The SMILES string of the molecule is COc1ccc(C2(O)c3ccccc3CSc3ccccc32)cc1. The summed E-state index contributed by atoms with van der Waals surface area (Å²) in [5.41, 5.74) is 2.74. The van der Waals surface area contributed by atoms with Gasteiger partial charge in [-0.3, -0.25) is 0 Å². The quantitative estimate of drug-likeness (QED) is 0.743. The largest absolute Gasteiger partial charge is 0.497 e. The highest BCUT2D eigenvalue weighted by Gasteiger charge is 2.39. The number of fused-ring (bicyclic) bond motifs is 2. The summed E-state index contributed by atoms with van der Waals surface area (Å²) in [4.78, 5) is 1.12. The van der Waals surface area contributed by atoms with E-state index in [0.29, 0.717) is 0 Å². The lowest BCUT2D eigenvalue weighted by atomic mass is 9.78. The van der Waals surface area contributed by atoms with Crippen LogP contribution in [0.1, 0.15) is 22.3 Å². The number of methoxy groups -OCH3 is 1. The number of hydrogen-bond acceptors (Lipinski definition) is 3. The van der Waals surface area contributed by atoms with Crippen LogP contribution in [0, 0.1) is 0 Å². The van der Waals surface area contributed by atoms with Crippen LogP contribution >= 0.6 is 11.8 Å². The average molecular weight is 334 g/mol. The first-order chi connectivity index (χ1) is 11.7. The summed E-state index contributed by atoms with van der Waals surface area (Å²) in [6, 6.07) is 24.0. The Bertz CT molecular complexity index is 824. The van der Waals surface area contributed by atoms with Gasteiger partial charge in [0.05, 0.1) is 7.11 Å². The molecule has 1 heterocycles. The highest BCUT2D eigenvalue weighted by molar-refractivity contribution is 7.98. The maximum Gasteiger partial charge on any atom is 0.141 e. The van der Waals surface area contributed by atoms with E-state index in [1.165, 1.54) is 0 Å². The van der Waals surface area contributed by atoms with Crippen LogP contribution in [-0.4, -0.2) is 12.2 Å². The molecule has 0 aliphatic carbocycles. The van der Waals surface area contributed by atoms with Crippen molar-refractivity contribution in [2.75, 3.05) is 7.11 Å². The predicted molar refractivity (Wildman–Crippen MR) is 97.5 cm³/mol. The molecule has 0 fully saturated rings. The van der Waals surface area contributed by atoms with E-state index in [2.05, 4.69) is 12.1 Å². The van der Waals surface area contributed by atoms with Crippen LogP contribution in [0.15, 0.2) is 77.7 Å². The molecule has 1 N–H and O–H groups in total. The van der Waals surface area contributed by atoms with Gasteiger partial charge in [-0.25, -0.2) is 0 Å². The first-order valence-electron chi connectivity index (χ1n) is 7.91. The third kappa shape index (κ3) is 2.32. The fraction of sp³-hybridized carbons (Fsp3) is 0.143. The van der Waals surface area contributed by atoms with Gasteiger partial charge in [-0.05, 0) is 34.9 Å². The Morgan fingerprint density at radius 1 is 0.875 bits per heavy atom. The second-order valence-electron chi connectivity index (χ2n) is 5.88. The normalized spacial score (nSPS) is 19.1. The van der Waals surface area contributed by atoms with E-state index in [-0.39, 0.29) is 0 Å². The van der Waals surface area contributed by atoms with Crippen LogP contribution in [0.3, 0.4) is 0 Å². The minimum atomic E-state index is -1.16. The van der Waals surface area contributed by atoms with Crippen LogP contribution in [0.5, 0.6) is 5.75 Å². The van der Waals surface area contributed by atoms with Gasteiger partial charge in [-0.1, -0.05) is 54.6 Å². The Morgan fingerprint density at radius 3 is 2.29 bits per heavy atom. The van der Waals surface area contributed by atoms with Gasteiger partial charge in [0.2, 0.25) is 0 Å². The molecular formula is C21H18O2S. The van der Waals surface area contributed by atoms with E-state index >= 15 is 0 Å². The monoisotopic (exact) mass is 334 g/mol. The second-order valence-corrected chi connectivity index (χ2v) is 6.90. The van der Waals surface area contributed by atoms with Crippen LogP contribution in [0.25, 0.3) is 0 Å². The average Bonchev–Trinajstić information content (AvgIpc) is 2.78. The van der Waals surface area contributed by atoms with Crippen molar-refractivity contribution < 1.29 is 9.84 Å². The molecule has 3 heteroatoms. The minimum absolute atomic E-state index is 0.784. The van der Waals surface area contributed by atoms with Gasteiger partial charge >= 0.3 is 0 Å². The van der Waals surface area contributed by atoms with Gasteiger partial charge in [-0.15, -0.1) is 11.8 Å². The molecule has 4 rings (SSSR count). The molecule has 24 heavy (non-hydrogen) atoms. The van der Waals surface area contributed by atoms with Crippen molar-refractivity contribution in [1.82, 2.24) is 0 Å². The number of ether oxygens (including phenoxy) is 1. The van der Waals surface area contributed by atoms with Gasteiger partial charge in [0.25, 0.3) is 0 Å². The van der Waals surface area contributed by atoms with E-state index in [4.69, 9.17) is 4.74 Å². The fourth-order valence-electron chi connectivity index (χ4n) is 3.33. The van der Waals surface area contributed by atoms with Crippen molar-refractivity contribution in [1.29, 1.82) is 0 Å². The summed E-state index contributed by atoms with van der Waals surface area (Å²) in [7, 11) is 1.65. The summed E-state index contributed by atoms with van der Waals surface area (Å²) < 4.78 is 5.27. The van der Waals surface area contributed by atoms with Crippen LogP contribution < -0.4 is 4.74 Å². The molecule has 0 saturated carbocycles. The number of thioether (sulfide) groups is 1. The first-order valence-corrected chi connectivity index (χ1v) is 8.89. The smallest absolute Gasteiger partial charge is 0.141 e. The zero-order valence-electron chi connectivity index (χ0n) is 13.4. The maximum absolute atomic E-state index is 11.9. The van der Waals surface area contributed by atoms with Crippen molar-refractivity contribution in [3.05, 3.63) is 95.1 Å². The summed E-state index contributed by atoms with van der Waals surface area (Å²) in [6.07, 6.45) is 0. The zero-order chi connectivity index (χ0) is 16.6. The van der Waals surface area contributed by atoms with Crippen molar-refractivity contribution in [3.8, 4) is 5.75 Å². The number of benzene rings is 3. The molecule has 1 unspecified atom stereocenters. The lowest BCUT2D eigenvalue weighted by Crippen LogP contribution is -2.29. The van der Waals surface area contributed by atoms with Crippen molar-refractivity contribution >= 4 is 11.8 Å². The summed E-state index contributed by atoms with van der Waals surface area (Å²) in [5.74, 6) is 1.64. The Morgan fingerprint density at radius 2 is 1.54 bits per heavy atom. The first kappa shape index (κ1) is 15.3. The van der Waals surface area contributed by atoms with Crippen molar-refractivity contribution in [2.24, 2.45) is 0 Å². The third-order valence-corrected chi connectivity index (χ3v) is 5.70.